The summed E-state index contributed by atoms with van der Waals surface area (Å²) in [6, 6.07) is 28.9. The molecule has 4 rings (SSSR count). The number of carbonyl (C=O) groups excluding carboxylic acids is 1. The van der Waals surface area contributed by atoms with E-state index < -0.39 is 6.10 Å². The van der Waals surface area contributed by atoms with E-state index in [2.05, 4.69) is 17.1 Å². The van der Waals surface area contributed by atoms with E-state index in [0.717, 1.165) is 11.1 Å². The molecule has 138 valence electrons. The van der Waals surface area contributed by atoms with Crippen molar-refractivity contribution in [1.29, 1.82) is 0 Å². The highest BCUT2D eigenvalue weighted by Crippen LogP contribution is 2.26. The molecule has 1 atom stereocenters. The predicted molar refractivity (Wildman–Crippen MR) is 108 cm³/mol. The van der Waals surface area contributed by atoms with Crippen molar-refractivity contribution >= 4 is 5.97 Å². The molecule has 1 aromatic heterocycles. The number of aromatic nitrogens is 2. The fourth-order valence-electron chi connectivity index (χ4n) is 3.12. The molecule has 0 aliphatic heterocycles. The summed E-state index contributed by atoms with van der Waals surface area (Å²) in [5, 5.41) is 0. The van der Waals surface area contributed by atoms with Crippen LogP contribution in [0.4, 0.5) is 0 Å². The highest BCUT2D eigenvalue weighted by molar-refractivity contribution is 5.89. The molecule has 4 heteroatoms. The van der Waals surface area contributed by atoms with E-state index in [1.165, 1.54) is 0 Å². The lowest BCUT2D eigenvalue weighted by atomic mass is 10.1. The van der Waals surface area contributed by atoms with Gasteiger partial charge in [0.05, 0.1) is 5.56 Å². The Morgan fingerprint density at radius 2 is 1.46 bits per heavy atom. The number of benzene rings is 3. The zero-order valence-corrected chi connectivity index (χ0v) is 15.3. The molecule has 0 aliphatic rings. The van der Waals surface area contributed by atoms with Gasteiger partial charge >= 0.3 is 5.97 Å². The molecule has 0 N–H and O–H groups in total. The van der Waals surface area contributed by atoms with Gasteiger partial charge in [0.1, 0.15) is 0 Å². The van der Waals surface area contributed by atoms with Crippen LogP contribution in [0.15, 0.2) is 103 Å². The molecule has 4 nitrogen and oxygen atoms in total. The lowest BCUT2D eigenvalue weighted by molar-refractivity contribution is 0.0357. The van der Waals surface area contributed by atoms with Crippen LogP contribution >= 0.6 is 0 Å². The van der Waals surface area contributed by atoms with Crippen LogP contribution in [0.2, 0.25) is 0 Å². The lowest BCUT2D eigenvalue weighted by Crippen LogP contribution is -2.17. The number of nitrogens with zero attached hydrogens (tertiary/aromatic N) is 2. The first-order valence-corrected chi connectivity index (χ1v) is 9.17. The Hall–Kier alpha value is -3.66. The number of hydrogen-bond donors (Lipinski definition) is 0. The van der Waals surface area contributed by atoms with Gasteiger partial charge in [0.2, 0.25) is 0 Å². The summed E-state index contributed by atoms with van der Waals surface area (Å²) in [6.07, 6.45) is 3.06. The van der Waals surface area contributed by atoms with E-state index in [0.29, 0.717) is 17.9 Å². The van der Waals surface area contributed by atoms with Crippen molar-refractivity contribution in [2.45, 2.75) is 12.6 Å². The van der Waals surface area contributed by atoms with Crippen molar-refractivity contribution in [3.63, 3.8) is 0 Å². The van der Waals surface area contributed by atoms with Gasteiger partial charge in [0, 0.05) is 24.5 Å². The van der Waals surface area contributed by atoms with E-state index in [4.69, 9.17) is 4.74 Å². The number of ether oxygens (including phenoxy) is 1. The molecular weight excluding hydrogens is 348 g/mol. The number of hydrogen-bond acceptors (Lipinski definition) is 3. The smallest absolute Gasteiger partial charge is 0.339 e. The quantitative estimate of drug-likeness (QED) is 0.456. The molecule has 0 aliphatic carbocycles. The number of rotatable bonds is 6. The van der Waals surface area contributed by atoms with E-state index in [1.54, 1.807) is 18.3 Å². The summed E-state index contributed by atoms with van der Waals surface area (Å²) < 4.78 is 7.94. The van der Waals surface area contributed by atoms with Gasteiger partial charge < -0.3 is 9.30 Å². The van der Waals surface area contributed by atoms with Gasteiger partial charge in [-0.05, 0) is 17.7 Å². The summed E-state index contributed by atoms with van der Waals surface area (Å²) in [5.41, 5.74) is 2.56. The largest absolute Gasteiger partial charge is 0.446 e. The summed E-state index contributed by atoms with van der Waals surface area (Å²) in [6.45, 7) is 0.655. The molecule has 0 spiro atoms. The van der Waals surface area contributed by atoms with Crippen LogP contribution in [-0.4, -0.2) is 15.5 Å². The van der Waals surface area contributed by atoms with Crippen molar-refractivity contribution in [1.82, 2.24) is 9.55 Å². The molecule has 1 unspecified atom stereocenters. The van der Waals surface area contributed by atoms with E-state index in [1.807, 2.05) is 77.5 Å². The maximum atomic E-state index is 12.7. The second-order valence-electron chi connectivity index (χ2n) is 6.46. The average molecular weight is 368 g/mol. The standard InChI is InChI=1S/C24H20N2O2/c27-24(21-14-8-3-9-15-21)28-22(20-12-6-2-7-13-20)23-25-16-17-26(23)18-19-10-4-1-5-11-19/h1-17,22H,18H2. The van der Waals surface area contributed by atoms with Crippen molar-refractivity contribution in [2.24, 2.45) is 0 Å². The molecule has 0 amide bonds. The maximum absolute atomic E-state index is 12.7. The van der Waals surface area contributed by atoms with Gasteiger partial charge in [0.25, 0.3) is 0 Å². The number of carbonyl (C=O) groups is 1. The molecule has 0 saturated heterocycles. The van der Waals surface area contributed by atoms with Crippen LogP contribution in [-0.2, 0) is 11.3 Å². The molecule has 0 saturated carbocycles. The van der Waals surface area contributed by atoms with E-state index >= 15 is 0 Å². The first kappa shape index (κ1) is 17.7. The van der Waals surface area contributed by atoms with Gasteiger partial charge in [0.15, 0.2) is 11.9 Å². The highest BCUT2D eigenvalue weighted by Gasteiger charge is 2.24. The van der Waals surface area contributed by atoms with Crippen molar-refractivity contribution < 1.29 is 9.53 Å². The molecule has 28 heavy (non-hydrogen) atoms. The Labute approximate surface area is 164 Å². The summed E-state index contributed by atoms with van der Waals surface area (Å²) in [4.78, 5) is 17.3. The van der Waals surface area contributed by atoms with Crippen LogP contribution in [0.25, 0.3) is 0 Å². The lowest BCUT2D eigenvalue weighted by Gasteiger charge is -2.19. The van der Waals surface area contributed by atoms with Crippen molar-refractivity contribution in [2.75, 3.05) is 0 Å². The van der Waals surface area contributed by atoms with Crippen LogP contribution in [0.3, 0.4) is 0 Å². The molecule has 0 radical (unpaired) electrons. The molecule has 4 aromatic rings. The van der Waals surface area contributed by atoms with Crippen LogP contribution in [0, 0.1) is 0 Å². The average Bonchev–Trinajstić information content (AvgIpc) is 3.21. The first-order valence-electron chi connectivity index (χ1n) is 9.17. The van der Waals surface area contributed by atoms with Crippen molar-refractivity contribution in [3.05, 3.63) is 126 Å². The minimum absolute atomic E-state index is 0.372. The fraction of sp³-hybridized carbons (Fsp3) is 0.0833. The Balaban J connectivity index is 1.67. The van der Waals surface area contributed by atoms with Crippen LogP contribution in [0.1, 0.15) is 33.4 Å². The Kier molecular flexibility index (Phi) is 5.29. The Bertz CT molecular complexity index is 1030. The Morgan fingerprint density at radius 3 is 2.14 bits per heavy atom. The minimum Gasteiger partial charge on any atom is -0.446 e. The van der Waals surface area contributed by atoms with Crippen LogP contribution in [0.5, 0.6) is 0 Å². The maximum Gasteiger partial charge on any atom is 0.339 e. The zero-order valence-electron chi connectivity index (χ0n) is 15.3. The SMILES string of the molecule is O=C(OC(c1ccccc1)c1nccn1Cc1ccccc1)c1ccccc1. The van der Waals surface area contributed by atoms with E-state index in [9.17, 15) is 4.79 Å². The number of imidazole rings is 1. The second-order valence-corrected chi connectivity index (χ2v) is 6.46. The monoisotopic (exact) mass is 368 g/mol. The molecule has 3 aromatic carbocycles. The van der Waals surface area contributed by atoms with Gasteiger partial charge in [-0.1, -0.05) is 78.9 Å². The van der Waals surface area contributed by atoms with Gasteiger partial charge in [-0.15, -0.1) is 0 Å². The number of esters is 1. The first-order chi connectivity index (χ1) is 13.8. The molecule has 1 heterocycles. The zero-order chi connectivity index (χ0) is 19.2. The normalized spacial score (nSPS) is 11.7. The summed E-state index contributed by atoms with van der Waals surface area (Å²) >= 11 is 0. The predicted octanol–water partition coefficient (Wildman–Crippen LogP) is 4.88. The van der Waals surface area contributed by atoms with Gasteiger partial charge in [-0.25, -0.2) is 9.78 Å². The topological polar surface area (TPSA) is 44.1 Å². The third-order valence-corrected chi connectivity index (χ3v) is 4.51. The second kappa shape index (κ2) is 8.35. The third-order valence-electron chi connectivity index (χ3n) is 4.51. The van der Waals surface area contributed by atoms with Crippen molar-refractivity contribution in [3.8, 4) is 0 Å². The molecule has 0 bridgehead atoms. The van der Waals surface area contributed by atoms with Gasteiger partial charge in [-0.2, -0.15) is 0 Å². The molecule has 0 fully saturated rings. The van der Waals surface area contributed by atoms with E-state index in [-0.39, 0.29) is 5.97 Å². The fourth-order valence-corrected chi connectivity index (χ4v) is 3.12. The third kappa shape index (κ3) is 4.01. The van der Waals surface area contributed by atoms with Crippen LogP contribution < -0.4 is 0 Å². The molecular formula is C24H20N2O2. The minimum atomic E-state index is -0.590. The summed E-state index contributed by atoms with van der Waals surface area (Å²) in [5.74, 6) is 0.322. The summed E-state index contributed by atoms with van der Waals surface area (Å²) in [7, 11) is 0. The highest BCUT2D eigenvalue weighted by atomic mass is 16.5. The van der Waals surface area contributed by atoms with Gasteiger partial charge in [-0.3, -0.25) is 0 Å². The Morgan fingerprint density at radius 1 is 0.857 bits per heavy atom.